The summed E-state index contributed by atoms with van der Waals surface area (Å²) in [6.45, 7) is 3.55. The fraction of sp³-hybridized carbons (Fsp3) is 0.316. The number of rotatable bonds is 13. The summed E-state index contributed by atoms with van der Waals surface area (Å²) >= 11 is 0. The number of methoxy groups -OCH3 is 1. The molecule has 0 spiro atoms. The molecule has 2 amide bonds. The van der Waals surface area contributed by atoms with Crippen LogP contribution in [0.3, 0.4) is 0 Å². The molecule has 0 aliphatic heterocycles. The van der Waals surface area contributed by atoms with Gasteiger partial charge < -0.3 is 15.0 Å². The van der Waals surface area contributed by atoms with E-state index in [0.717, 1.165) is 52.2 Å². The molecule has 0 unspecified atom stereocenters. The van der Waals surface area contributed by atoms with Crippen molar-refractivity contribution < 1.29 is 22.7 Å². The zero-order valence-corrected chi connectivity index (χ0v) is 28.1. The lowest BCUT2D eigenvalue weighted by molar-refractivity contribution is -0.140. The third-order valence-corrected chi connectivity index (χ3v) is 10.5. The summed E-state index contributed by atoms with van der Waals surface area (Å²) in [5.41, 5.74) is 4.12. The zero-order chi connectivity index (χ0) is 33.4. The highest BCUT2D eigenvalue weighted by atomic mass is 32.2. The van der Waals surface area contributed by atoms with Crippen LogP contribution in [-0.2, 0) is 32.6 Å². The molecule has 1 fully saturated rings. The number of carbonyl (C=O) groups is 2. The van der Waals surface area contributed by atoms with Crippen LogP contribution in [0.25, 0.3) is 0 Å². The molecule has 1 aliphatic carbocycles. The molecule has 0 saturated heterocycles. The van der Waals surface area contributed by atoms with Gasteiger partial charge in [-0.3, -0.25) is 13.9 Å². The number of nitrogens with one attached hydrogen (secondary N) is 1. The molecule has 0 heterocycles. The van der Waals surface area contributed by atoms with Crippen molar-refractivity contribution in [1.82, 2.24) is 10.2 Å². The molecule has 47 heavy (non-hydrogen) atoms. The Kier molecular flexibility index (Phi) is 11.0. The first-order chi connectivity index (χ1) is 22.6. The van der Waals surface area contributed by atoms with E-state index >= 15 is 0 Å². The van der Waals surface area contributed by atoms with Crippen LogP contribution in [0.4, 0.5) is 5.69 Å². The van der Waals surface area contributed by atoms with Crippen molar-refractivity contribution in [2.45, 2.75) is 69.5 Å². The van der Waals surface area contributed by atoms with Gasteiger partial charge in [-0.1, -0.05) is 90.7 Å². The monoisotopic (exact) mass is 653 g/mol. The molecule has 1 saturated carbocycles. The normalized spacial score (nSPS) is 13.9. The first-order valence-electron chi connectivity index (χ1n) is 16.1. The van der Waals surface area contributed by atoms with Crippen molar-refractivity contribution in [3.8, 4) is 5.75 Å². The van der Waals surface area contributed by atoms with E-state index in [9.17, 15) is 18.0 Å². The number of amides is 2. The van der Waals surface area contributed by atoms with E-state index in [1.54, 1.807) is 29.2 Å². The molecule has 9 heteroatoms. The summed E-state index contributed by atoms with van der Waals surface area (Å²) in [5, 5.41) is 3.21. The van der Waals surface area contributed by atoms with Gasteiger partial charge in [-0.15, -0.1) is 0 Å². The molecule has 0 radical (unpaired) electrons. The number of nitrogens with zero attached hydrogens (tertiary/aromatic N) is 2. The molecular weight excluding hydrogens is 611 g/mol. The van der Waals surface area contributed by atoms with Crippen molar-refractivity contribution in [3.05, 3.63) is 125 Å². The van der Waals surface area contributed by atoms with E-state index in [1.165, 1.54) is 19.2 Å². The standard InChI is InChI=1S/C38H43N3O5S/c1-28-13-17-31(18-14-28)26-40(36(25-30-9-5-4-6-10-30)38(43)39-32-11-7-8-12-32)37(42)27-41(33-19-15-29(2)16-20-33)47(44,45)35-23-21-34(46-3)22-24-35/h4-6,9-10,13-24,32,36H,7-8,11-12,25-27H2,1-3H3,(H,39,43)/t36-/m0/s1. The van der Waals surface area contributed by atoms with Gasteiger partial charge in [-0.2, -0.15) is 0 Å². The number of aryl methyl sites for hydroxylation is 2. The third-order valence-electron chi connectivity index (χ3n) is 8.69. The Bertz CT molecular complexity index is 1740. The Morgan fingerprint density at radius 2 is 1.40 bits per heavy atom. The number of anilines is 1. The third kappa shape index (κ3) is 8.60. The zero-order valence-electron chi connectivity index (χ0n) is 27.3. The largest absolute Gasteiger partial charge is 0.497 e. The van der Waals surface area contributed by atoms with Crippen LogP contribution in [-0.4, -0.2) is 50.9 Å². The minimum atomic E-state index is -4.19. The van der Waals surface area contributed by atoms with Crippen LogP contribution in [0, 0.1) is 13.8 Å². The second kappa shape index (κ2) is 15.3. The fourth-order valence-electron chi connectivity index (χ4n) is 5.93. The topological polar surface area (TPSA) is 96.0 Å². The highest BCUT2D eigenvalue weighted by molar-refractivity contribution is 7.92. The molecular formula is C38H43N3O5S. The Labute approximate surface area is 278 Å². The van der Waals surface area contributed by atoms with E-state index in [-0.39, 0.29) is 29.8 Å². The molecule has 4 aromatic rings. The van der Waals surface area contributed by atoms with Gasteiger partial charge in [0.2, 0.25) is 11.8 Å². The fourth-order valence-corrected chi connectivity index (χ4v) is 7.34. The molecule has 4 aromatic carbocycles. The number of carbonyl (C=O) groups excluding carboxylic acids is 2. The van der Waals surface area contributed by atoms with Gasteiger partial charge in [0, 0.05) is 19.0 Å². The number of benzene rings is 4. The lowest BCUT2D eigenvalue weighted by Crippen LogP contribution is -2.54. The van der Waals surface area contributed by atoms with E-state index in [4.69, 9.17) is 4.74 Å². The van der Waals surface area contributed by atoms with Crippen LogP contribution < -0.4 is 14.4 Å². The number of hydrogen-bond acceptors (Lipinski definition) is 5. The maximum absolute atomic E-state index is 14.6. The minimum absolute atomic E-state index is 0.0246. The van der Waals surface area contributed by atoms with E-state index < -0.39 is 28.5 Å². The lowest BCUT2D eigenvalue weighted by Gasteiger charge is -2.34. The molecule has 1 atom stereocenters. The Hall–Kier alpha value is -4.63. The second-order valence-corrected chi connectivity index (χ2v) is 14.1. The van der Waals surface area contributed by atoms with Gasteiger partial charge in [0.25, 0.3) is 10.0 Å². The van der Waals surface area contributed by atoms with E-state index in [2.05, 4.69) is 5.32 Å². The van der Waals surface area contributed by atoms with E-state index in [1.807, 2.05) is 80.6 Å². The van der Waals surface area contributed by atoms with E-state index in [0.29, 0.717) is 11.4 Å². The minimum Gasteiger partial charge on any atom is -0.497 e. The number of hydrogen-bond donors (Lipinski definition) is 1. The van der Waals surface area contributed by atoms with Crippen molar-refractivity contribution in [2.75, 3.05) is 18.0 Å². The molecule has 8 nitrogen and oxygen atoms in total. The predicted molar refractivity (Wildman–Crippen MR) is 185 cm³/mol. The summed E-state index contributed by atoms with van der Waals surface area (Å²) in [6.07, 6.45) is 4.19. The van der Waals surface area contributed by atoms with Crippen molar-refractivity contribution >= 4 is 27.5 Å². The molecule has 246 valence electrons. The SMILES string of the molecule is COc1ccc(S(=O)(=O)N(CC(=O)N(Cc2ccc(C)cc2)[C@@H](Cc2ccccc2)C(=O)NC2CCCC2)c2ccc(C)cc2)cc1. The first kappa shape index (κ1) is 33.7. The highest BCUT2D eigenvalue weighted by Crippen LogP contribution is 2.27. The van der Waals surface area contributed by atoms with Gasteiger partial charge in [0.1, 0.15) is 18.3 Å². The van der Waals surface area contributed by atoms with Crippen molar-refractivity contribution in [1.29, 1.82) is 0 Å². The smallest absolute Gasteiger partial charge is 0.264 e. The van der Waals surface area contributed by atoms with Crippen molar-refractivity contribution in [3.63, 3.8) is 0 Å². The summed E-state index contributed by atoms with van der Waals surface area (Å²) in [4.78, 5) is 30.3. The quantitative estimate of drug-likeness (QED) is 0.185. The Morgan fingerprint density at radius 1 is 0.809 bits per heavy atom. The van der Waals surface area contributed by atoms with Crippen LogP contribution in [0.5, 0.6) is 5.75 Å². The predicted octanol–water partition coefficient (Wildman–Crippen LogP) is 6.21. The van der Waals surface area contributed by atoms with Gasteiger partial charge in [-0.05, 0) is 74.2 Å². The molecule has 0 bridgehead atoms. The summed E-state index contributed by atoms with van der Waals surface area (Å²) in [5.74, 6) is -0.199. The number of ether oxygens (including phenoxy) is 1. The van der Waals surface area contributed by atoms with Gasteiger partial charge >= 0.3 is 0 Å². The Balaban J connectivity index is 1.55. The highest BCUT2D eigenvalue weighted by Gasteiger charge is 2.35. The van der Waals surface area contributed by atoms with Gasteiger partial charge in [-0.25, -0.2) is 8.42 Å². The van der Waals surface area contributed by atoms with Crippen LogP contribution in [0.2, 0.25) is 0 Å². The van der Waals surface area contributed by atoms with Crippen molar-refractivity contribution in [2.24, 2.45) is 0 Å². The van der Waals surface area contributed by atoms with Crippen LogP contribution >= 0.6 is 0 Å². The average molecular weight is 654 g/mol. The molecule has 0 aromatic heterocycles. The molecule has 1 N–H and O–H groups in total. The summed E-state index contributed by atoms with van der Waals surface area (Å²) in [6, 6.07) is 29.7. The Morgan fingerprint density at radius 3 is 2.00 bits per heavy atom. The molecule has 5 rings (SSSR count). The lowest BCUT2D eigenvalue weighted by atomic mass is 10.0. The summed E-state index contributed by atoms with van der Waals surface area (Å²) < 4.78 is 34.8. The van der Waals surface area contributed by atoms with Gasteiger partial charge in [0.15, 0.2) is 0 Å². The van der Waals surface area contributed by atoms with Crippen LogP contribution in [0.15, 0.2) is 108 Å². The maximum atomic E-state index is 14.6. The maximum Gasteiger partial charge on any atom is 0.264 e. The average Bonchev–Trinajstić information content (AvgIpc) is 3.60. The van der Waals surface area contributed by atoms with Gasteiger partial charge in [0.05, 0.1) is 17.7 Å². The number of sulfonamides is 1. The van der Waals surface area contributed by atoms with Crippen LogP contribution in [0.1, 0.15) is 47.9 Å². The second-order valence-electron chi connectivity index (χ2n) is 12.2. The summed E-state index contributed by atoms with van der Waals surface area (Å²) in [7, 11) is -2.68. The molecule has 1 aliphatic rings. The first-order valence-corrected chi connectivity index (χ1v) is 17.5.